The topological polar surface area (TPSA) is 115 Å². The Kier molecular flexibility index (Phi) is 3.37. The van der Waals surface area contributed by atoms with Gasteiger partial charge in [-0.25, -0.2) is 14.6 Å². The number of H-pyrrole nitrogens is 1. The Morgan fingerprint density at radius 2 is 2.11 bits per heavy atom. The molecule has 0 saturated heterocycles. The molecule has 1 aliphatic rings. The van der Waals surface area contributed by atoms with Gasteiger partial charge >= 0.3 is 11.9 Å². The molecule has 0 bridgehead atoms. The average Bonchev–Trinajstić information content (AvgIpc) is 2.90. The summed E-state index contributed by atoms with van der Waals surface area (Å²) in [4.78, 5) is 29.5. The highest BCUT2D eigenvalue weighted by atomic mass is 16.4. The largest absolute Gasteiger partial charge is 0.478 e. The number of aromatic amines is 1. The lowest BCUT2D eigenvalue weighted by Crippen LogP contribution is -2.29. The highest BCUT2D eigenvalue weighted by Gasteiger charge is 2.36. The molecule has 0 radical (unpaired) electrons. The van der Waals surface area contributed by atoms with E-state index in [4.69, 9.17) is 0 Å². The van der Waals surface area contributed by atoms with E-state index in [1.54, 1.807) is 6.92 Å². The number of imidazole rings is 1. The van der Waals surface area contributed by atoms with E-state index in [1.165, 1.54) is 18.6 Å². The van der Waals surface area contributed by atoms with E-state index < -0.39 is 17.9 Å². The lowest BCUT2D eigenvalue weighted by molar-refractivity contribution is -0.133. The highest BCUT2D eigenvalue weighted by molar-refractivity contribution is 5.97. The molecule has 0 amide bonds. The molecular formula is C12H13N3O4. The first-order valence-electron chi connectivity index (χ1n) is 5.71. The van der Waals surface area contributed by atoms with Crippen LogP contribution in [0.4, 0.5) is 0 Å². The zero-order chi connectivity index (χ0) is 14.0. The molecular weight excluding hydrogens is 250 g/mol. The fraction of sp³-hybridized carbons (Fsp3) is 0.250. The van der Waals surface area contributed by atoms with E-state index >= 15 is 0 Å². The second-order valence-electron chi connectivity index (χ2n) is 4.01. The molecule has 1 atom stereocenters. The van der Waals surface area contributed by atoms with Crippen LogP contribution in [0.2, 0.25) is 0 Å². The highest BCUT2D eigenvalue weighted by Crippen LogP contribution is 2.34. The van der Waals surface area contributed by atoms with Crippen molar-refractivity contribution < 1.29 is 19.8 Å². The van der Waals surface area contributed by atoms with Crippen molar-refractivity contribution in [1.82, 2.24) is 15.3 Å². The summed E-state index contributed by atoms with van der Waals surface area (Å²) in [7, 11) is 0. The number of nitrogens with zero attached hydrogens (tertiary/aromatic N) is 1. The summed E-state index contributed by atoms with van der Waals surface area (Å²) in [6.45, 7) is 1.80. The van der Waals surface area contributed by atoms with Crippen LogP contribution in [-0.4, -0.2) is 32.1 Å². The summed E-state index contributed by atoms with van der Waals surface area (Å²) in [5, 5.41) is 21.3. The third-order valence-electron chi connectivity index (χ3n) is 2.95. The van der Waals surface area contributed by atoms with Gasteiger partial charge in [0.1, 0.15) is 5.82 Å². The van der Waals surface area contributed by atoms with Gasteiger partial charge in [-0.1, -0.05) is 6.92 Å². The molecule has 1 aliphatic heterocycles. The summed E-state index contributed by atoms with van der Waals surface area (Å²) in [5.74, 6) is -2.93. The minimum Gasteiger partial charge on any atom is -0.478 e. The number of rotatable bonds is 4. The number of carboxylic acids is 2. The van der Waals surface area contributed by atoms with Crippen LogP contribution in [0.1, 0.15) is 25.1 Å². The van der Waals surface area contributed by atoms with Crippen LogP contribution >= 0.6 is 0 Å². The minimum atomic E-state index is -1.18. The summed E-state index contributed by atoms with van der Waals surface area (Å²) >= 11 is 0. The van der Waals surface area contributed by atoms with Gasteiger partial charge in [0, 0.05) is 24.3 Å². The first-order valence-corrected chi connectivity index (χ1v) is 5.71. The van der Waals surface area contributed by atoms with Crippen molar-refractivity contribution in [3.63, 3.8) is 0 Å². The standard InChI is InChI=1S/C12H13N3O4/c1-2-7-9(12(18)19)8(10-13-3-4-14-10)6(5-15-7)11(16)17/h3-5,8,15H,2H2,1H3,(H,13,14)(H,16,17)(H,18,19). The van der Waals surface area contributed by atoms with Crippen LogP contribution in [-0.2, 0) is 9.59 Å². The number of aliphatic carboxylic acids is 2. The molecule has 1 unspecified atom stereocenters. The van der Waals surface area contributed by atoms with Gasteiger partial charge in [0.25, 0.3) is 0 Å². The quantitative estimate of drug-likeness (QED) is 0.639. The number of dihydropyridines is 1. The van der Waals surface area contributed by atoms with Gasteiger partial charge < -0.3 is 20.5 Å². The number of hydrogen-bond donors (Lipinski definition) is 4. The smallest absolute Gasteiger partial charge is 0.334 e. The Hall–Kier alpha value is -2.57. The Balaban J connectivity index is 2.58. The van der Waals surface area contributed by atoms with E-state index in [1.807, 2.05) is 0 Å². The molecule has 0 spiro atoms. The molecule has 0 saturated carbocycles. The van der Waals surface area contributed by atoms with Gasteiger partial charge in [-0.3, -0.25) is 0 Å². The predicted molar refractivity (Wildman–Crippen MR) is 65.1 cm³/mol. The van der Waals surface area contributed by atoms with Crippen LogP contribution in [0.5, 0.6) is 0 Å². The molecule has 0 fully saturated rings. The zero-order valence-corrected chi connectivity index (χ0v) is 10.2. The van der Waals surface area contributed by atoms with Gasteiger partial charge in [-0.05, 0) is 6.42 Å². The molecule has 2 heterocycles. The third kappa shape index (κ3) is 2.22. The van der Waals surface area contributed by atoms with Gasteiger partial charge in [-0.15, -0.1) is 0 Å². The summed E-state index contributed by atoms with van der Waals surface area (Å²) in [5.41, 5.74) is 0.445. The van der Waals surface area contributed by atoms with Crippen molar-refractivity contribution in [2.24, 2.45) is 0 Å². The second kappa shape index (κ2) is 4.97. The molecule has 4 N–H and O–H groups in total. The van der Waals surface area contributed by atoms with E-state index in [9.17, 15) is 19.8 Å². The van der Waals surface area contributed by atoms with Gasteiger partial charge in [0.15, 0.2) is 0 Å². The Labute approximate surface area is 108 Å². The van der Waals surface area contributed by atoms with Crippen molar-refractivity contribution in [3.05, 3.63) is 41.3 Å². The number of aromatic nitrogens is 2. The van der Waals surface area contributed by atoms with Crippen LogP contribution < -0.4 is 5.32 Å². The molecule has 19 heavy (non-hydrogen) atoms. The van der Waals surface area contributed by atoms with Crippen molar-refractivity contribution >= 4 is 11.9 Å². The first kappa shape index (κ1) is 12.9. The van der Waals surface area contributed by atoms with Crippen LogP contribution in [0.3, 0.4) is 0 Å². The van der Waals surface area contributed by atoms with Gasteiger partial charge in [0.2, 0.25) is 0 Å². The lowest BCUT2D eigenvalue weighted by Gasteiger charge is -2.24. The Morgan fingerprint density at radius 1 is 1.37 bits per heavy atom. The molecule has 2 rings (SSSR count). The van der Waals surface area contributed by atoms with Crippen molar-refractivity contribution in [2.75, 3.05) is 0 Å². The SMILES string of the molecule is CCC1=C(C(=O)O)C(c2ncc[nH]2)C(C(=O)O)=CN1. The maximum atomic E-state index is 11.4. The van der Waals surface area contributed by atoms with Crippen molar-refractivity contribution in [3.8, 4) is 0 Å². The van der Waals surface area contributed by atoms with E-state index in [-0.39, 0.29) is 11.1 Å². The third-order valence-corrected chi connectivity index (χ3v) is 2.95. The van der Waals surface area contributed by atoms with Gasteiger partial charge in [-0.2, -0.15) is 0 Å². The fourth-order valence-corrected chi connectivity index (χ4v) is 2.11. The van der Waals surface area contributed by atoms with Crippen LogP contribution in [0.25, 0.3) is 0 Å². The van der Waals surface area contributed by atoms with Crippen LogP contribution in [0, 0.1) is 0 Å². The predicted octanol–water partition coefficient (Wildman–Crippen LogP) is 0.814. The van der Waals surface area contributed by atoms with Crippen molar-refractivity contribution in [2.45, 2.75) is 19.3 Å². The summed E-state index contributed by atoms with van der Waals surface area (Å²) in [6, 6.07) is 0. The molecule has 0 aromatic carbocycles. The van der Waals surface area contributed by atoms with E-state index in [2.05, 4.69) is 15.3 Å². The van der Waals surface area contributed by atoms with Crippen LogP contribution in [0.15, 0.2) is 35.4 Å². The normalized spacial score (nSPS) is 18.8. The van der Waals surface area contributed by atoms with Gasteiger partial charge in [0.05, 0.1) is 17.1 Å². The Morgan fingerprint density at radius 3 is 2.58 bits per heavy atom. The summed E-state index contributed by atoms with van der Waals surface area (Å²) in [6.07, 6.45) is 4.77. The molecule has 1 aromatic heterocycles. The number of carboxylic acid groups (broad SMARTS) is 2. The Bertz CT molecular complexity index is 572. The molecule has 7 nitrogen and oxygen atoms in total. The number of allylic oxidation sites excluding steroid dienone is 1. The monoisotopic (exact) mass is 263 g/mol. The van der Waals surface area contributed by atoms with Crippen molar-refractivity contribution in [1.29, 1.82) is 0 Å². The average molecular weight is 263 g/mol. The number of carbonyl (C=O) groups is 2. The molecule has 7 heteroatoms. The van der Waals surface area contributed by atoms with E-state index in [0.29, 0.717) is 17.9 Å². The maximum Gasteiger partial charge on any atom is 0.334 e. The summed E-state index contributed by atoms with van der Waals surface area (Å²) < 4.78 is 0. The lowest BCUT2D eigenvalue weighted by atomic mass is 9.86. The molecule has 1 aromatic rings. The zero-order valence-electron chi connectivity index (χ0n) is 10.2. The van der Waals surface area contributed by atoms with E-state index in [0.717, 1.165) is 0 Å². The second-order valence-corrected chi connectivity index (χ2v) is 4.01. The molecule has 100 valence electrons. The number of nitrogens with one attached hydrogen (secondary N) is 2. The number of hydrogen-bond acceptors (Lipinski definition) is 4. The maximum absolute atomic E-state index is 11.4. The first-order chi connectivity index (χ1) is 9.06. The minimum absolute atomic E-state index is 0.0114. The molecule has 0 aliphatic carbocycles. The fourth-order valence-electron chi connectivity index (χ4n) is 2.11.